The van der Waals surface area contributed by atoms with Crippen molar-refractivity contribution in [2.45, 2.75) is 64.5 Å². The molecule has 0 aliphatic rings. The van der Waals surface area contributed by atoms with Crippen LogP contribution in [0.25, 0.3) is 0 Å². The van der Waals surface area contributed by atoms with Crippen LogP contribution in [0.5, 0.6) is 5.75 Å². The third kappa shape index (κ3) is 15.0. The fraction of sp³-hybridized carbons (Fsp3) is 0.625. The number of benzene rings is 1. The Bertz CT molecular complexity index is 939. The molecule has 1 aromatic carbocycles. The Kier molecular flexibility index (Phi) is 15.3. The minimum atomic E-state index is -0.953. The van der Waals surface area contributed by atoms with Crippen molar-refractivity contribution in [3.8, 4) is 5.75 Å². The van der Waals surface area contributed by atoms with Crippen LogP contribution in [-0.4, -0.2) is 78.5 Å². The van der Waals surface area contributed by atoms with E-state index in [-0.39, 0.29) is 76.4 Å². The van der Waals surface area contributed by atoms with Crippen LogP contribution in [0.2, 0.25) is 0 Å². The van der Waals surface area contributed by atoms with Crippen molar-refractivity contribution in [1.82, 2.24) is 4.90 Å². The maximum absolute atomic E-state index is 12.8. The number of carbonyl (C=O) groups excluding carboxylic acids is 3. The lowest BCUT2D eigenvalue weighted by Gasteiger charge is -2.31. The van der Waals surface area contributed by atoms with Crippen LogP contribution in [-0.2, 0) is 40.0 Å². The number of nitrogens with zero attached hydrogens (tertiary/aromatic N) is 3. The largest absolute Gasteiger partial charge is 0.490 e. The second kappa shape index (κ2) is 18.1. The molecule has 0 radical (unpaired) electrons. The van der Waals surface area contributed by atoms with Gasteiger partial charge in [-0.1, -0.05) is 12.1 Å². The summed E-state index contributed by atoms with van der Waals surface area (Å²) >= 11 is 0. The molecule has 0 saturated carbocycles. The van der Waals surface area contributed by atoms with Gasteiger partial charge in [0.15, 0.2) is 6.10 Å². The summed E-state index contributed by atoms with van der Waals surface area (Å²) in [5.74, 6) is -0.812. The van der Waals surface area contributed by atoms with Crippen molar-refractivity contribution >= 4 is 17.8 Å². The molecule has 0 aromatic heterocycles. The van der Waals surface area contributed by atoms with Gasteiger partial charge in [-0.2, -0.15) is 0 Å². The summed E-state index contributed by atoms with van der Waals surface area (Å²) in [6.07, 6.45) is -0.128. The van der Waals surface area contributed by atoms with Crippen molar-refractivity contribution in [3.05, 3.63) is 50.1 Å². The molecule has 0 heterocycles. The van der Waals surface area contributed by atoms with Crippen molar-refractivity contribution in [2.75, 3.05) is 33.5 Å². The zero-order valence-corrected chi connectivity index (χ0v) is 22.3. The van der Waals surface area contributed by atoms with Gasteiger partial charge in [0, 0.05) is 25.3 Å². The minimum Gasteiger partial charge on any atom is -0.490 e. The molecule has 0 aliphatic carbocycles. The highest BCUT2D eigenvalue weighted by Gasteiger charge is 2.25. The van der Waals surface area contributed by atoms with Gasteiger partial charge in [-0.3, -0.25) is 14.4 Å². The molecular weight excluding hydrogens is 522 g/mol. The Hall–Kier alpha value is -4.17. The molecule has 15 nitrogen and oxygen atoms in total. The predicted octanol–water partition coefficient (Wildman–Crippen LogP) is 2.30. The molecule has 218 valence electrons. The van der Waals surface area contributed by atoms with E-state index in [2.05, 4.69) is 14.4 Å². The van der Waals surface area contributed by atoms with Gasteiger partial charge in [0.2, 0.25) is 5.91 Å². The number of ether oxygens (including phenoxy) is 3. The first-order valence-corrected chi connectivity index (χ1v) is 12.3. The van der Waals surface area contributed by atoms with Gasteiger partial charge in [-0.05, 0) is 50.8 Å². The second-order valence-corrected chi connectivity index (χ2v) is 8.60. The van der Waals surface area contributed by atoms with Gasteiger partial charge in [0.05, 0.1) is 26.9 Å². The molecule has 0 N–H and O–H groups in total. The molecule has 1 amide bonds. The van der Waals surface area contributed by atoms with E-state index in [1.165, 1.54) is 12.0 Å². The molecule has 1 unspecified atom stereocenters. The normalized spacial score (nSPS) is 11.3. The molecule has 1 aromatic rings. The standard InChI is InChI=1S/C24H35N3O12/c1-18(2)25(22(28)6-4-14-37-26(31)32)16-21(39-24(30)7-5-15-38-27(33)34)17-36-20-11-8-19(9-12-20)10-13-23(29)35-3/h8-9,11-12,18,21H,4-7,10,13-17H2,1-3H3. The van der Waals surface area contributed by atoms with Crippen LogP contribution in [0.3, 0.4) is 0 Å². The van der Waals surface area contributed by atoms with Gasteiger partial charge < -0.3 is 28.8 Å². The first-order chi connectivity index (χ1) is 18.5. The Morgan fingerprint density at radius 3 is 2.03 bits per heavy atom. The highest BCUT2D eigenvalue weighted by atomic mass is 17.0. The van der Waals surface area contributed by atoms with E-state index >= 15 is 0 Å². The molecule has 15 heteroatoms. The number of hydrogen-bond donors (Lipinski definition) is 0. The summed E-state index contributed by atoms with van der Waals surface area (Å²) in [5, 5.41) is 18.7. The number of aryl methyl sites for hydroxylation is 1. The maximum atomic E-state index is 12.8. The monoisotopic (exact) mass is 557 g/mol. The molecule has 0 bridgehead atoms. The summed E-state index contributed by atoms with van der Waals surface area (Å²) in [4.78, 5) is 67.0. The van der Waals surface area contributed by atoms with Crippen LogP contribution in [0.4, 0.5) is 0 Å². The third-order valence-electron chi connectivity index (χ3n) is 5.30. The Balaban J connectivity index is 2.82. The summed E-state index contributed by atoms with van der Waals surface area (Å²) in [6, 6.07) is 6.68. The molecule has 0 aliphatic heterocycles. The minimum absolute atomic E-state index is 0.0130. The quantitative estimate of drug-likeness (QED) is 0.0986. The molecule has 1 rings (SSSR count). The van der Waals surface area contributed by atoms with Crippen molar-refractivity contribution < 1.29 is 48.4 Å². The van der Waals surface area contributed by atoms with Crippen LogP contribution >= 0.6 is 0 Å². The molecule has 1 atom stereocenters. The lowest BCUT2D eigenvalue weighted by Crippen LogP contribution is -2.45. The number of rotatable bonds is 20. The average molecular weight is 558 g/mol. The number of esters is 2. The van der Waals surface area contributed by atoms with E-state index < -0.39 is 22.2 Å². The fourth-order valence-corrected chi connectivity index (χ4v) is 3.34. The van der Waals surface area contributed by atoms with Crippen molar-refractivity contribution in [1.29, 1.82) is 0 Å². The summed E-state index contributed by atoms with van der Waals surface area (Å²) in [6.45, 7) is 2.93. The van der Waals surface area contributed by atoms with Crippen molar-refractivity contribution in [2.24, 2.45) is 0 Å². The molecular formula is C24H35N3O12. The topological polar surface area (TPSA) is 187 Å². The first kappa shape index (κ1) is 32.9. The number of carbonyl (C=O) groups is 3. The van der Waals surface area contributed by atoms with Crippen molar-refractivity contribution in [3.63, 3.8) is 0 Å². The average Bonchev–Trinajstić information content (AvgIpc) is 2.89. The van der Waals surface area contributed by atoms with E-state index in [4.69, 9.17) is 9.47 Å². The predicted molar refractivity (Wildman–Crippen MR) is 133 cm³/mol. The lowest BCUT2D eigenvalue weighted by atomic mass is 10.1. The van der Waals surface area contributed by atoms with Crippen LogP contribution in [0.1, 0.15) is 51.5 Å². The lowest BCUT2D eigenvalue weighted by molar-refractivity contribution is -0.757. The molecule has 0 fully saturated rings. The summed E-state index contributed by atoms with van der Waals surface area (Å²) in [7, 11) is 1.32. The molecule has 0 saturated heterocycles. The number of amides is 1. The Morgan fingerprint density at radius 1 is 0.897 bits per heavy atom. The van der Waals surface area contributed by atoms with Crippen LogP contribution < -0.4 is 4.74 Å². The fourth-order valence-electron chi connectivity index (χ4n) is 3.34. The van der Waals surface area contributed by atoms with E-state index in [9.17, 15) is 34.6 Å². The third-order valence-corrected chi connectivity index (χ3v) is 5.30. The van der Waals surface area contributed by atoms with Gasteiger partial charge in [0.1, 0.15) is 12.4 Å². The maximum Gasteiger partial charge on any atom is 0.306 e. The highest BCUT2D eigenvalue weighted by Crippen LogP contribution is 2.16. The highest BCUT2D eigenvalue weighted by molar-refractivity contribution is 5.76. The number of methoxy groups -OCH3 is 1. The van der Waals surface area contributed by atoms with E-state index in [0.29, 0.717) is 12.2 Å². The molecule has 0 spiro atoms. The van der Waals surface area contributed by atoms with Gasteiger partial charge >= 0.3 is 11.9 Å². The van der Waals surface area contributed by atoms with E-state index in [1.807, 2.05) is 0 Å². The van der Waals surface area contributed by atoms with Gasteiger partial charge in [-0.15, -0.1) is 20.2 Å². The second-order valence-electron chi connectivity index (χ2n) is 8.60. The zero-order chi connectivity index (χ0) is 29.2. The Morgan fingerprint density at radius 2 is 1.49 bits per heavy atom. The summed E-state index contributed by atoms with van der Waals surface area (Å²) < 4.78 is 15.9. The van der Waals surface area contributed by atoms with Crippen LogP contribution in [0, 0.1) is 20.2 Å². The van der Waals surface area contributed by atoms with Crippen LogP contribution in [0.15, 0.2) is 24.3 Å². The van der Waals surface area contributed by atoms with Gasteiger partial charge in [-0.25, -0.2) is 0 Å². The zero-order valence-electron chi connectivity index (χ0n) is 22.3. The van der Waals surface area contributed by atoms with E-state index in [0.717, 1.165) is 5.56 Å². The molecule has 39 heavy (non-hydrogen) atoms. The summed E-state index contributed by atoms with van der Waals surface area (Å²) in [5.41, 5.74) is 0.894. The SMILES string of the molecule is COC(=O)CCc1ccc(OCC(CN(C(=O)CCCO[N+](=O)[O-])C(C)C)OC(=O)CCCO[N+](=O)[O-])cc1. The van der Waals surface area contributed by atoms with Gasteiger partial charge in [0.25, 0.3) is 10.2 Å². The van der Waals surface area contributed by atoms with E-state index in [1.54, 1.807) is 38.1 Å². The number of hydrogen-bond acceptors (Lipinski definition) is 12. The smallest absolute Gasteiger partial charge is 0.306 e. The Labute approximate surface area is 225 Å². The first-order valence-electron chi connectivity index (χ1n) is 12.3.